The standard InChI is InChI=1S/C72H45NO2/c1-2-17-46(18-3-1)47-33-35-48(36-34-47)49-37-40-52(41-38-49)73(65-28-16-27-63-70(65)55-20-5-7-22-58(55)71(63)59-23-8-12-29-66(59)74-67-30-13-9-24-60(67)71)53-42-39-50-45-64-56(44-51(50)43-53)54-19-4-6-21-57(54)72(64)61-25-10-14-31-68(61)75-69-32-15-11-26-62(69)72/h1-45H. The molecule has 0 amide bonds. The number of fused-ring (bicyclic) bond motifs is 19. The van der Waals surface area contributed by atoms with Gasteiger partial charge in [0.05, 0.1) is 16.5 Å². The summed E-state index contributed by atoms with van der Waals surface area (Å²) in [5, 5.41) is 2.35. The third-order valence-electron chi connectivity index (χ3n) is 16.6. The molecule has 0 radical (unpaired) electrons. The zero-order valence-corrected chi connectivity index (χ0v) is 40.7. The van der Waals surface area contributed by atoms with E-state index in [2.05, 4.69) is 278 Å². The fraction of sp³-hybridized carbons (Fsp3) is 0.0278. The average molecular weight is 956 g/mol. The normalized spacial score (nSPS) is 14.0. The summed E-state index contributed by atoms with van der Waals surface area (Å²) in [5.41, 5.74) is 21.4. The van der Waals surface area contributed by atoms with Crippen molar-refractivity contribution in [2.75, 3.05) is 4.90 Å². The van der Waals surface area contributed by atoms with Crippen LogP contribution in [0.2, 0.25) is 0 Å². The minimum absolute atomic E-state index is 0.546. The molecule has 0 atom stereocenters. The van der Waals surface area contributed by atoms with Gasteiger partial charge in [0.25, 0.3) is 0 Å². The lowest BCUT2D eigenvalue weighted by atomic mass is 9.66. The van der Waals surface area contributed by atoms with Crippen LogP contribution in [0.3, 0.4) is 0 Å². The van der Waals surface area contributed by atoms with Crippen molar-refractivity contribution in [3.63, 3.8) is 0 Å². The minimum Gasteiger partial charge on any atom is -0.457 e. The molecule has 4 aliphatic rings. The van der Waals surface area contributed by atoms with E-state index < -0.39 is 10.8 Å². The summed E-state index contributed by atoms with van der Waals surface area (Å²) < 4.78 is 13.4. The van der Waals surface area contributed by atoms with Crippen molar-refractivity contribution in [3.05, 3.63) is 317 Å². The topological polar surface area (TPSA) is 21.7 Å². The van der Waals surface area contributed by atoms with Gasteiger partial charge in [-0.3, -0.25) is 0 Å². The van der Waals surface area contributed by atoms with E-state index in [1.54, 1.807) is 0 Å². The van der Waals surface area contributed by atoms with Gasteiger partial charge in [0, 0.05) is 39.2 Å². The minimum atomic E-state index is -0.608. The molecule has 350 valence electrons. The molecule has 0 saturated carbocycles. The van der Waals surface area contributed by atoms with Crippen LogP contribution in [0.1, 0.15) is 44.5 Å². The molecule has 75 heavy (non-hydrogen) atoms. The molecule has 2 heterocycles. The van der Waals surface area contributed by atoms with Crippen molar-refractivity contribution in [1.29, 1.82) is 0 Å². The Bertz CT molecular complexity index is 4220. The van der Waals surface area contributed by atoms with Gasteiger partial charge in [-0.15, -0.1) is 0 Å². The molecule has 2 aliphatic carbocycles. The van der Waals surface area contributed by atoms with Gasteiger partial charge >= 0.3 is 0 Å². The Kier molecular flexibility index (Phi) is 8.88. The molecule has 2 aliphatic heterocycles. The van der Waals surface area contributed by atoms with E-state index in [4.69, 9.17) is 9.47 Å². The highest BCUT2D eigenvalue weighted by molar-refractivity contribution is 6.02. The van der Waals surface area contributed by atoms with Crippen LogP contribution < -0.4 is 14.4 Å². The van der Waals surface area contributed by atoms with Gasteiger partial charge < -0.3 is 14.4 Å². The summed E-state index contributed by atoms with van der Waals surface area (Å²) in [6.07, 6.45) is 0. The summed E-state index contributed by atoms with van der Waals surface area (Å²) in [7, 11) is 0. The molecule has 0 saturated heterocycles. The van der Waals surface area contributed by atoms with Gasteiger partial charge in [0.2, 0.25) is 0 Å². The van der Waals surface area contributed by atoms with Crippen molar-refractivity contribution in [2.24, 2.45) is 0 Å². The van der Waals surface area contributed by atoms with Crippen LogP contribution in [0.4, 0.5) is 17.1 Å². The van der Waals surface area contributed by atoms with Gasteiger partial charge in [0.15, 0.2) is 0 Å². The summed E-state index contributed by atoms with van der Waals surface area (Å²) in [6.45, 7) is 0. The van der Waals surface area contributed by atoms with Crippen molar-refractivity contribution in [3.8, 4) is 67.5 Å². The van der Waals surface area contributed by atoms with Gasteiger partial charge in [-0.2, -0.15) is 0 Å². The lowest BCUT2D eigenvalue weighted by molar-refractivity contribution is 0.436. The highest BCUT2D eigenvalue weighted by Crippen LogP contribution is 2.65. The molecule has 0 fully saturated rings. The molecule has 3 heteroatoms. The van der Waals surface area contributed by atoms with Gasteiger partial charge in [0.1, 0.15) is 23.0 Å². The SMILES string of the molecule is c1ccc(-c2ccc(-c3ccc(N(c4ccc5cc6c(cc5c4)-c4ccccc4C64c5ccccc5Oc5ccccc54)c4cccc5c4-c4ccccc4C54c5ccccc5Oc5ccccc54)cc3)cc2)cc1. The van der Waals surface area contributed by atoms with Gasteiger partial charge in [-0.05, 0) is 139 Å². The second-order valence-corrected chi connectivity index (χ2v) is 20.2. The fourth-order valence-electron chi connectivity index (χ4n) is 13.5. The molecule has 0 aromatic heterocycles. The summed E-state index contributed by atoms with van der Waals surface area (Å²) in [5.74, 6) is 3.55. The van der Waals surface area contributed by atoms with Crippen LogP contribution in [0.15, 0.2) is 273 Å². The zero-order chi connectivity index (χ0) is 49.2. The first-order chi connectivity index (χ1) is 37.2. The lowest BCUT2D eigenvalue weighted by Crippen LogP contribution is -2.32. The first-order valence-corrected chi connectivity index (χ1v) is 25.9. The number of para-hydroxylation sites is 4. The Morgan fingerprint density at radius 2 is 0.680 bits per heavy atom. The van der Waals surface area contributed by atoms with E-state index >= 15 is 0 Å². The van der Waals surface area contributed by atoms with Crippen LogP contribution in [0.25, 0.3) is 55.3 Å². The number of nitrogens with zero attached hydrogens (tertiary/aromatic N) is 1. The lowest BCUT2D eigenvalue weighted by Gasteiger charge is -2.39. The van der Waals surface area contributed by atoms with Crippen molar-refractivity contribution in [2.45, 2.75) is 10.8 Å². The Labute approximate surface area is 435 Å². The molecular formula is C72H45NO2. The average Bonchev–Trinajstić information content (AvgIpc) is 3.94. The maximum Gasteiger partial charge on any atom is 0.132 e. The molecule has 16 rings (SSSR count). The highest BCUT2D eigenvalue weighted by Gasteiger charge is 2.53. The van der Waals surface area contributed by atoms with Crippen molar-refractivity contribution >= 4 is 27.8 Å². The first kappa shape index (κ1) is 41.9. The van der Waals surface area contributed by atoms with E-state index in [0.717, 1.165) is 56.8 Å². The van der Waals surface area contributed by atoms with Crippen LogP contribution in [-0.4, -0.2) is 0 Å². The molecule has 0 bridgehead atoms. The third kappa shape index (κ3) is 5.81. The van der Waals surface area contributed by atoms with E-state index in [1.165, 1.54) is 83.1 Å². The van der Waals surface area contributed by atoms with Crippen LogP contribution >= 0.6 is 0 Å². The van der Waals surface area contributed by atoms with Gasteiger partial charge in [-0.25, -0.2) is 0 Å². The maximum atomic E-state index is 6.74. The Morgan fingerprint density at radius 3 is 1.25 bits per heavy atom. The van der Waals surface area contributed by atoms with Crippen molar-refractivity contribution in [1.82, 2.24) is 0 Å². The zero-order valence-electron chi connectivity index (χ0n) is 40.7. The van der Waals surface area contributed by atoms with E-state index in [0.29, 0.717) is 0 Å². The predicted octanol–water partition coefficient (Wildman–Crippen LogP) is 18.6. The van der Waals surface area contributed by atoms with E-state index in [1.807, 2.05) is 0 Å². The Balaban J connectivity index is 0.915. The van der Waals surface area contributed by atoms with Crippen molar-refractivity contribution < 1.29 is 9.47 Å². The maximum absolute atomic E-state index is 6.74. The summed E-state index contributed by atoms with van der Waals surface area (Å²) >= 11 is 0. The number of hydrogen-bond donors (Lipinski definition) is 0. The third-order valence-corrected chi connectivity index (χ3v) is 16.6. The van der Waals surface area contributed by atoms with Crippen LogP contribution in [0, 0.1) is 0 Å². The number of anilines is 3. The number of rotatable bonds is 5. The largest absolute Gasteiger partial charge is 0.457 e. The quantitative estimate of drug-likeness (QED) is 0.172. The second-order valence-electron chi connectivity index (χ2n) is 20.2. The monoisotopic (exact) mass is 955 g/mol. The molecule has 3 nitrogen and oxygen atoms in total. The summed E-state index contributed by atoms with van der Waals surface area (Å²) in [6, 6.07) is 99.9. The molecular weight excluding hydrogens is 911 g/mol. The fourth-order valence-corrected chi connectivity index (χ4v) is 13.5. The highest BCUT2D eigenvalue weighted by atomic mass is 16.5. The number of hydrogen-bond acceptors (Lipinski definition) is 3. The van der Waals surface area contributed by atoms with Crippen LogP contribution in [0.5, 0.6) is 23.0 Å². The second kappa shape index (κ2) is 15.9. The molecule has 0 N–H and O–H groups in total. The molecule has 12 aromatic carbocycles. The Hall–Kier alpha value is -9.70. The number of ether oxygens (including phenoxy) is 2. The molecule has 12 aromatic rings. The summed E-state index contributed by atoms with van der Waals surface area (Å²) in [4.78, 5) is 2.49. The van der Waals surface area contributed by atoms with E-state index in [9.17, 15) is 0 Å². The Morgan fingerprint density at radius 1 is 0.253 bits per heavy atom. The number of benzene rings is 12. The first-order valence-electron chi connectivity index (χ1n) is 25.9. The smallest absolute Gasteiger partial charge is 0.132 e. The predicted molar refractivity (Wildman–Crippen MR) is 304 cm³/mol. The molecule has 0 unspecified atom stereocenters. The van der Waals surface area contributed by atoms with E-state index in [-0.39, 0.29) is 0 Å². The molecule has 2 spiro atoms. The van der Waals surface area contributed by atoms with Gasteiger partial charge in [-0.1, -0.05) is 206 Å². The van der Waals surface area contributed by atoms with Crippen LogP contribution in [-0.2, 0) is 10.8 Å².